The molecule has 22 heavy (non-hydrogen) atoms. The molecule has 2 aliphatic rings. The van der Waals surface area contributed by atoms with Crippen molar-refractivity contribution in [3.05, 3.63) is 34.9 Å². The summed E-state index contributed by atoms with van der Waals surface area (Å²) in [6.45, 7) is 9.57. The van der Waals surface area contributed by atoms with Gasteiger partial charge in [-0.25, -0.2) is 8.78 Å². The molecule has 1 saturated carbocycles. The van der Waals surface area contributed by atoms with Crippen LogP contribution in [-0.2, 0) is 6.42 Å². The Bertz CT molecular complexity index is 417. The summed E-state index contributed by atoms with van der Waals surface area (Å²) in [5.74, 6) is -2.87. The van der Waals surface area contributed by atoms with Crippen LogP contribution < -0.4 is 10.6 Å². The second-order valence-corrected chi connectivity index (χ2v) is 5.99. The summed E-state index contributed by atoms with van der Waals surface area (Å²) in [7, 11) is 0. The van der Waals surface area contributed by atoms with Gasteiger partial charge in [-0.1, -0.05) is 37.6 Å². The van der Waals surface area contributed by atoms with Gasteiger partial charge in [-0.3, -0.25) is 0 Å². The quantitative estimate of drug-likeness (QED) is 0.850. The molecule has 1 aromatic carbocycles. The fraction of sp³-hybridized carbons (Fsp3) is 0.647. The number of hydrogen-bond acceptors (Lipinski definition) is 2. The average molecular weight is 333 g/mol. The maximum atomic E-state index is 12.5. The maximum absolute atomic E-state index is 12.5. The van der Waals surface area contributed by atoms with Crippen LogP contribution in [0, 0.1) is 5.92 Å². The molecule has 0 bridgehead atoms. The molecule has 1 heterocycles. The minimum absolute atomic E-state index is 0.0373. The van der Waals surface area contributed by atoms with Gasteiger partial charge in [0, 0.05) is 43.0 Å². The summed E-state index contributed by atoms with van der Waals surface area (Å²) in [5.41, 5.74) is 0.937. The zero-order valence-electron chi connectivity index (χ0n) is 13.6. The van der Waals surface area contributed by atoms with Crippen molar-refractivity contribution in [2.24, 2.45) is 5.92 Å². The molecular weight excluding hydrogens is 306 g/mol. The Labute approximate surface area is 137 Å². The Morgan fingerprint density at radius 3 is 2.14 bits per heavy atom. The molecule has 2 nitrogen and oxygen atoms in total. The maximum Gasteiger partial charge on any atom is 0.251 e. The van der Waals surface area contributed by atoms with Crippen molar-refractivity contribution < 1.29 is 8.78 Å². The lowest BCUT2D eigenvalue weighted by molar-refractivity contribution is 0.0989. The number of piperazine rings is 1. The van der Waals surface area contributed by atoms with E-state index in [1.54, 1.807) is 24.3 Å². The first kappa shape index (κ1) is 19.3. The molecule has 2 N–H and O–H groups in total. The van der Waals surface area contributed by atoms with E-state index in [9.17, 15) is 8.78 Å². The molecule has 1 aliphatic heterocycles. The smallest absolute Gasteiger partial charge is 0.251 e. The average Bonchev–Trinajstić information content (AvgIpc) is 3.12. The van der Waals surface area contributed by atoms with Crippen molar-refractivity contribution in [3.8, 4) is 0 Å². The van der Waals surface area contributed by atoms with Crippen LogP contribution in [0.1, 0.15) is 32.8 Å². The Morgan fingerprint density at radius 1 is 1.18 bits per heavy atom. The van der Waals surface area contributed by atoms with Crippen molar-refractivity contribution in [2.45, 2.75) is 45.6 Å². The molecule has 2 fully saturated rings. The van der Waals surface area contributed by atoms with Gasteiger partial charge < -0.3 is 10.6 Å². The lowest BCUT2D eigenvalue weighted by Gasteiger charge is -2.19. The van der Waals surface area contributed by atoms with Crippen LogP contribution in [-0.4, -0.2) is 31.6 Å². The van der Waals surface area contributed by atoms with Crippen LogP contribution in [0.3, 0.4) is 0 Å². The van der Waals surface area contributed by atoms with Crippen molar-refractivity contribution in [2.75, 3.05) is 19.6 Å². The second-order valence-electron chi connectivity index (χ2n) is 5.55. The molecule has 1 saturated heterocycles. The van der Waals surface area contributed by atoms with Gasteiger partial charge in [0.1, 0.15) is 0 Å². The summed E-state index contributed by atoms with van der Waals surface area (Å²) in [4.78, 5) is 0. The predicted octanol–water partition coefficient (Wildman–Crippen LogP) is 4.13. The minimum atomic E-state index is -2.42. The monoisotopic (exact) mass is 332 g/mol. The van der Waals surface area contributed by atoms with Gasteiger partial charge in [-0.2, -0.15) is 0 Å². The Hall–Kier alpha value is -0.710. The van der Waals surface area contributed by atoms with E-state index < -0.39 is 11.8 Å². The molecule has 5 heteroatoms. The summed E-state index contributed by atoms with van der Waals surface area (Å²) in [6, 6.07) is 7.75. The van der Waals surface area contributed by atoms with Crippen LogP contribution in [0.15, 0.2) is 24.3 Å². The molecule has 0 aromatic heterocycles. The van der Waals surface area contributed by atoms with E-state index in [2.05, 4.69) is 17.6 Å². The summed E-state index contributed by atoms with van der Waals surface area (Å²) < 4.78 is 25.1. The predicted molar refractivity (Wildman–Crippen MR) is 89.9 cm³/mol. The molecule has 1 aliphatic carbocycles. The molecule has 0 radical (unpaired) electrons. The van der Waals surface area contributed by atoms with Crippen LogP contribution >= 0.6 is 11.6 Å². The first-order valence-corrected chi connectivity index (χ1v) is 8.41. The van der Waals surface area contributed by atoms with E-state index in [1.807, 2.05) is 13.8 Å². The Balaban J connectivity index is 0.000000228. The fourth-order valence-electron chi connectivity index (χ4n) is 2.19. The molecular formula is C17H27ClF2N2. The summed E-state index contributed by atoms with van der Waals surface area (Å²) in [6.07, 6.45) is 0.500. The Kier molecular flexibility index (Phi) is 8.29. The first-order chi connectivity index (χ1) is 10.5. The zero-order valence-corrected chi connectivity index (χ0v) is 14.4. The first-order valence-electron chi connectivity index (χ1n) is 8.04. The molecule has 0 spiro atoms. The van der Waals surface area contributed by atoms with Gasteiger partial charge >= 0.3 is 0 Å². The molecule has 3 rings (SSSR count). The second kappa shape index (κ2) is 9.43. The van der Waals surface area contributed by atoms with Crippen molar-refractivity contribution in [3.63, 3.8) is 0 Å². The lowest BCUT2D eigenvalue weighted by atomic mass is 10.1. The summed E-state index contributed by atoms with van der Waals surface area (Å²) >= 11 is 5.67. The minimum Gasteiger partial charge on any atom is -0.314 e. The highest BCUT2D eigenvalue weighted by Gasteiger charge is 2.56. The third kappa shape index (κ3) is 7.03. The largest absolute Gasteiger partial charge is 0.314 e. The van der Waals surface area contributed by atoms with E-state index in [-0.39, 0.29) is 6.42 Å². The van der Waals surface area contributed by atoms with Crippen molar-refractivity contribution in [1.82, 2.24) is 10.6 Å². The van der Waals surface area contributed by atoms with Gasteiger partial charge in [0.05, 0.1) is 0 Å². The number of benzene rings is 1. The van der Waals surface area contributed by atoms with E-state index in [4.69, 9.17) is 11.6 Å². The third-order valence-electron chi connectivity index (χ3n) is 3.60. The molecule has 2 atom stereocenters. The van der Waals surface area contributed by atoms with Gasteiger partial charge in [0.15, 0.2) is 0 Å². The number of halogens is 3. The van der Waals surface area contributed by atoms with E-state index in [0.717, 1.165) is 25.2 Å². The van der Waals surface area contributed by atoms with Gasteiger partial charge in [-0.15, -0.1) is 0 Å². The fourth-order valence-corrected chi connectivity index (χ4v) is 2.32. The molecule has 1 aromatic rings. The highest BCUT2D eigenvalue weighted by Crippen LogP contribution is 2.50. The SMILES string of the molecule is CC.CC1CNCCN1.FC1(F)CC1Cc1ccc(Cl)cc1. The highest BCUT2D eigenvalue weighted by atomic mass is 35.5. The Morgan fingerprint density at radius 2 is 1.77 bits per heavy atom. The summed E-state index contributed by atoms with van der Waals surface area (Å²) in [5, 5.41) is 7.24. The van der Waals surface area contributed by atoms with Crippen molar-refractivity contribution in [1.29, 1.82) is 0 Å². The third-order valence-corrected chi connectivity index (χ3v) is 3.85. The molecule has 2 unspecified atom stereocenters. The molecule has 126 valence electrons. The van der Waals surface area contributed by atoms with Crippen LogP contribution in [0.25, 0.3) is 0 Å². The van der Waals surface area contributed by atoms with Crippen LogP contribution in [0.2, 0.25) is 5.02 Å². The van der Waals surface area contributed by atoms with Gasteiger partial charge in [0.2, 0.25) is 0 Å². The molecule has 0 amide bonds. The number of rotatable bonds is 2. The highest BCUT2D eigenvalue weighted by molar-refractivity contribution is 6.30. The standard InChI is InChI=1S/C10H9ClF2.C5H12N2.C2H6/c11-9-3-1-7(2-4-9)5-8-6-10(8,12)13;1-5-4-6-2-3-7-5;1-2/h1-4,8H,5-6H2;5-7H,2-4H2,1H3;1-2H3. The van der Waals surface area contributed by atoms with Crippen molar-refractivity contribution >= 4 is 11.6 Å². The van der Waals surface area contributed by atoms with Gasteiger partial charge in [0.25, 0.3) is 5.92 Å². The van der Waals surface area contributed by atoms with E-state index in [1.165, 1.54) is 0 Å². The normalized spacial score (nSPS) is 25.2. The zero-order chi connectivity index (χ0) is 16.6. The number of hydrogen-bond donors (Lipinski definition) is 2. The van der Waals surface area contributed by atoms with Crippen LogP contribution in [0.4, 0.5) is 8.78 Å². The number of alkyl halides is 2. The topological polar surface area (TPSA) is 24.1 Å². The number of nitrogens with one attached hydrogen (secondary N) is 2. The van der Waals surface area contributed by atoms with Crippen LogP contribution in [0.5, 0.6) is 0 Å². The lowest BCUT2D eigenvalue weighted by Crippen LogP contribution is -2.46. The van der Waals surface area contributed by atoms with E-state index in [0.29, 0.717) is 17.5 Å². The van der Waals surface area contributed by atoms with Gasteiger partial charge in [-0.05, 0) is 31.0 Å². The van der Waals surface area contributed by atoms with E-state index >= 15 is 0 Å².